The van der Waals surface area contributed by atoms with Crippen LogP contribution in [0.1, 0.15) is 50.7 Å². The largest absolute Gasteiger partial charge is 0.505 e. The summed E-state index contributed by atoms with van der Waals surface area (Å²) >= 11 is 0. The zero-order chi connectivity index (χ0) is 65.2. The third kappa shape index (κ3) is 12.0. The van der Waals surface area contributed by atoms with Gasteiger partial charge >= 0.3 is 0 Å². The van der Waals surface area contributed by atoms with Crippen LogP contribution in [0.25, 0.3) is 77.3 Å². The van der Waals surface area contributed by atoms with Crippen molar-refractivity contribution in [2.75, 3.05) is 21.0 Å². The van der Waals surface area contributed by atoms with Crippen LogP contribution < -0.4 is 21.0 Å². The van der Waals surface area contributed by atoms with Crippen molar-refractivity contribution in [3.8, 4) is 11.5 Å². The van der Waals surface area contributed by atoms with E-state index in [9.17, 15) is 15.0 Å². The summed E-state index contributed by atoms with van der Waals surface area (Å²) in [7, 11) is 0. The fourth-order valence-electron chi connectivity index (χ4n) is 12.5. The third-order valence-corrected chi connectivity index (χ3v) is 17.5. The molecular weight excluding hydrogens is 1190 g/mol. The van der Waals surface area contributed by atoms with Gasteiger partial charge in [0.15, 0.2) is 5.75 Å². The van der Waals surface area contributed by atoms with Crippen LogP contribution in [0.3, 0.4) is 0 Å². The summed E-state index contributed by atoms with van der Waals surface area (Å²) in [4.78, 5) is 29.7. The fraction of sp³-hybridized carbons (Fsp3) is 0.0610. The molecule has 0 radical (unpaired) electrons. The van der Waals surface area contributed by atoms with Gasteiger partial charge in [0.05, 0.1) is 33.7 Å². The van der Waals surface area contributed by atoms with Crippen LogP contribution in [0, 0.1) is 13.8 Å². The maximum Gasteiger partial charge on any atom is 0.259 e. The second-order valence-corrected chi connectivity index (χ2v) is 23.9. The summed E-state index contributed by atoms with van der Waals surface area (Å²) in [6.07, 6.45) is 4.94. The zero-order valence-electron chi connectivity index (χ0n) is 52.8. The van der Waals surface area contributed by atoms with Gasteiger partial charge in [-0.2, -0.15) is 10.2 Å². The number of aromatic amines is 2. The number of aromatic hydroxyl groups is 2. The highest BCUT2D eigenvalue weighted by Gasteiger charge is 2.23. The van der Waals surface area contributed by atoms with E-state index in [4.69, 9.17) is 15.1 Å². The fourth-order valence-corrected chi connectivity index (χ4v) is 12.5. The number of anilines is 7. The quantitative estimate of drug-likeness (QED) is 0.0253. The van der Waals surface area contributed by atoms with E-state index in [2.05, 4.69) is 159 Å². The van der Waals surface area contributed by atoms with E-state index in [1.165, 1.54) is 11.1 Å². The molecule has 13 aromatic carbocycles. The standard InChI is InChI=1S/C82H64N10O4/c1-4-54-11-5-8-14-71(54)91-96-49-57-47-55-27-45-68-66-12-6-9-15-72(66)85-76(68)74(55)78(80(57)93)89-87-61-35-31-58(32-36-61)83-59-33-37-62(38-34-59)88-90-79-75-56(28-46-69-67-13-7-10-16-73(67)86-77(69)75)48-70(81(79)94)82(95)84-60-29-23-52(24-30-60)21-22-53-25-43-65(44-26-53)92(63-39-17-50(2)18-40-63)64-41-19-51(3)20-42-64/h5-48,83,85-86,91,93-94H,4,49H2,1-3H3,(H,84,95)/b22-21+,89-87?,90-88?. The van der Waals surface area contributed by atoms with Gasteiger partial charge in [-0.1, -0.05) is 158 Å². The second kappa shape index (κ2) is 25.8. The lowest BCUT2D eigenvalue weighted by Gasteiger charge is -2.25. The lowest BCUT2D eigenvalue weighted by atomic mass is 10.00. The normalized spacial score (nSPS) is 11.8. The Morgan fingerprint density at radius 3 is 1.49 bits per heavy atom. The Bertz CT molecular complexity index is 5480. The van der Waals surface area contributed by atoms with Gasteiger partial charge in [-0.15, -0.1) is 10.2 Å². The van der Waals surface area contributed by atoms with Crippen molar-refractivity contribution in [2.45, 2.75) is 33.8 Å². The second-order valence-electron chi connectivity index (χ2n) is 23.9. The van der Waals surface area contributed by atoms with E-state index >= 15 is 0 Å². The molecular formula is C82H64N10O4. The predicted octanol–water partition coefficient (Wildman–Crippen LogP) is 22.9. The van der Waals surface area contributed by atoms with Gasteiger partial charge in [-0.05, 0) is 175 Å². The molecule has 1 amide bonds. The monoisotopic (exact) mass is 1250 g/mol. The molecule has 7 N–H and O–H groups in total. The number of para-hydroxylation sites is 3. The van der Waals surface area contributed by atoms with Gasteiger partial charge in [0.1, 0.15) is 23.7 Å². The smallest absolute Gasteiger partial charge is 0.259 e. The van der Waals surface area contributed by atoms with Gasteiger partial charge in [-0.25, -0.2) is 0 Å². The first kappa shape index (κ1) is 59.6. The van der Waals surface area contributed by atoms with Gasteiger partial charge in [0.2, 0.25) is 0 Å². The molecule has 0 aliphatic rings. The average molecular weight is 1250 g/mol. The number of aryl methyl sites for hydroxylation is 3. The number of amides is 1. The van der Waals surface area contributed by atoms with Gasteiger partial charge < -0.3 is 35.7 Å². The summed E-state index contributed by atoms with van der Waals surface area (Å²) in [5, 5.41) is 56.4. The van der Waals surface area contributed by atoms with Gasteiger partial charge in [0, 0.05) is 83.0 Å². The van der Waals surface area contributed by atoms with Crippen molar-refractivity contribution < 1.29 is 19.8 Å². The molecule has 0 saturated heterocycles. The highest BCUT2D eigenvalue weighted by Crippen LogP contribution is 2.47. The minimum absolute atomic E-state index is 0.0279. The van der Waals surface area contributed by atoms with Crippen LogP contribution in [0.15, 0.2) is 275 Å². The number of benzene rings is 13. The number of phenolic OH excluding ortho intramolecular Hbond substituents is 2. The molecule has 15 aromatic rings. The number of carbonyl (C=O) groups is 1. The molecule has 14 heteroatoms. The minimum atomic E-state index is -0.503. The number of azo groups is 2. The third-order valence-electron chi connectivity index (χ3n) is 17.5. The lowest BCUT2D eigenvalue weighted by molar-refractivity contribution is 0.102. The van der Waals surface area contributed by atoms with E-state index in [1.54, 1.807) is 6.07 Å². The van der Waals surface area contributed by atoms with E-state index in [1.807, 2.05) is 164 Å². The molecule has 0 saturated carbocycles. The Morgan fingerprint density at radius 2 is 0.948 bits per heavy atom. The number of nitrogens with one attached hydrogen (secondary N) is 5. The Hall–Kier alpha value is -12.7. The Labute approximate surface area is 553 Å². The van der Waals surface area contributed by atoms with Crippen LogP contribution >= 0.6 is 0 Å². The molecule has 0 unspecified atom stereocenters. The molecule has 0 fully saturated rings. The van der Waals surface area contributed by atoms with Crippen LogP contribution in [-0.2, 0) is 17.9 Å². The van der Waals surface area contributed by atoms with E-state index in [0.29, 0.717) is 39.1 Å². The topological polar surface area (TPSA) is 187 Å². The predicted molar refractivity (Wildman–Crippen MR) is 393 cm³/mol. The molecule has 14 nitrogen and oxygen atoms in total. The number of rotatable bonds is 18. The number of hydrogen-bond acceptors (Lipinski definition) is 11. The molecule has 0 aliphatic carbocycles. The molecule has 0 atom stereocenters. The molecule has 0 aliphatic heterocycles. The van der Waals surface area contributed by atoms with Gasteiger partial charge in [0.25, 0.3) is 5.91 Å². The number of phenols is 2. The molecule has 0 spiro atoms. The summed E-state index contributed by atoms with van der Waals surface area (Å²) in [6.45, 7) is 6.36. The first-order chi connectivity index (χ1) is 47.0. The van der Waals surface area contributed by atoms with E-state index in [-0.39, 0.29) is 29.4 Å². The Morgan fingerprint density at radius 1 is 0.479 bits per heavy atom. The lowest BCUT2D eigenvalue weighted by Crippen LogP contribution is -2.12. The Kier molecular flexibility index (Phi) is 16.0. The minimum Gasteiger partial charge on any atom is -0.505 e. The molecule has 2 aromatic heterocycles. The highest BCUT2D eigenvalue weighted by molar-refractivity contribution is 6.23. The van der Waals surface area contributed by atoms with Crippen molar-refractivity contribution in [3.63, 3.8) is 0 Å². The number of nitrogens with zero attached hydrogens (tertiary/aromatic N) is 5. The number of hydrogen-bond donors (Lipinski definition) is 7. The SMILES string of the molecule is CCc1ccccc1NOCc1cc2ccc3c4ccccc4[nH]c3c2c(N=Nc2ccc(Nc3ccc(N=Nc4c(O)c(C(=O)Nc5ccc(/C=C/c6ccc(N(c7ccc(C)cc7)c7ccc(C)cc7)cc6)cc5)cc5ccc6c7ccccc7[nH]c6c45)cc3)cc2)c1O. The van der Waals surface area contributed by atoms with E-state index in [0.717, 1.165) is 112 Å². The molecule has 0 bridgehead atoms. The molecule has 466 valence electrons. The summed E-state index contributed by atoms with van der Waals surface area (Å²) in [5.74, 6) is -0.836. The Balaban J connectivity index is 0.651. The van der Waals surface area contributed by atoms with Crippen LogP contribution in [0.5, 0.6) is 11.5 Å². The summed E-state index contributed by atoms with van der Waals surface area (Å²) < 4.78 is 0. The molecule has 96 heavy (non-hydrogen) atoms. The molecule has 2 heterocycles. The number of fused-ring (bicyclic) bond motifs is 10. The van der Waals surface area contributed by atoms with E-state index < -0.39 is 5.91 Å². The number of H-pyrrole nitrogens is 2. The highest BCUT2D eigenvalue weighted by atomic mass is 16.6. The van der Waals surface area contributed by atoms with Gasteiger partial charge in [-0.3, -0.25) is 15.1 Å². The average Bonchev–Trinajstić information content (AvgIpc) is 1.69. The molecule has 15 rings (SSSR count). The van der Waals surface area contributed by atoms with Crippen molar-refractivity contribution >= 4 is 146 Å². The van der Waals surface area contributed by atoms with Crippen molar-refractivity contribution in [1.29, 1.82) is 0 Å². The number of aromatic nitrogens is 2. The van der Waals surface area contributed by atoms with Crippen molar-refractivity contribution in [1.82, 2.24) is 9.97 Å². The van der Waals surface area contributed by atoms with Crippen LogP contribution in [0.4, 0.5) is 62.6 Å². The summed E-state index contributed by atoms with van der Waals surface area (Å²) in [6, 6.07) is 83.9. The first-order valence-corrected chi connectivity index (χ1v) is 31.8. The number of carbonyl (C=O) groups excluding carboxylic acids is 1. The maximum absolute atomic E-state index is 14.3. The van der Waals surface area contributed by atoms with Crippen LogP contribution in [0.2, 0.25) is 0 Å². The van der Waals surface area contributed by atoms with Crippen molar-refractivity contribution in [3.05, 3.63) is 294 Å². The zero-order valence-corrected chi connectivity index (χ0v) is 52.8. The first-order valence-electron chi connectivity index (χ1n) is 31.8. The maximum atomic E-state index is 14.3. The van der Waals surface area contributed by atoms with Crippen LogP contribution in [-0.4, -0.2) is 26.1 Å². The van der Waals surface area contributed by atoms with Crippen molar-refractivity contribution in [2.24, 2.45) is 20.5 Å². The summed E-state index contributed by atoms with van der Waals surface area (Å²) in [5.41, 5.74) is 20.5.